The Balaban J connectivity index is 3.02. The molecule has 0 bridgehead atoms. The van der Waals surface area contributed by atoms with Crippen molar-refractivity contribution in [3.05, 3.63) is 34.8 Å². The van der Waals surface area contributed by atoms with Crippen LogP contribution in [0.1, 0.15) is 0 Å². The molecule has 2 rings (SSSR count). The van der Waals surface area contributed by atoms with Crippen molar-refractivity contribution in [1.29, 1.82) is 0 Å². The average Bonchev–Trinajstić information content (AvgIpc) is 2.22. The highest BCUT2D eigenvalue weighted by Gasteiger charge is 2.17. The molecule has 3 N–H and O–H groups in total. The van der Waals surface area contributed by atoms with Crippen LogP contribution in [0.3, 0.4) is 0 Å². The minimum Gasteiger partial charge on any atom is -0.398 e. The molecule has 0 saturated carbocycles. The minimum atomic E-state index is -4.27. The van der Waals surface area contributed by atoms with Gasteiger partial charge in [0, 0.05) is 15.5 Å². The van der Waals surface area contributed by atoms with Crippen LogP contribution in [0.2, 0.25) is 0 Å². The summed E-state index contributed by atoms with van der Waals surface area (Å²) in [5.74, 6) is 0. The molecule has 0 heterocycles. The zero-order valence-corrected chi connectivity index (χ0v) is 10.4. The van der Waals surface area contributed by atoms with Crippen LogP contribution in [0.5, 0.6) is 0 Å². The standard InChI is InChI=1S/C10H8BrNO3S/c11-10-7-4-2-1-3-6(7)9(5-8(10)12)16(13,14)15/h1-5H,12H2,(H,13,14,15). The third-order valence-electron chi connectivity index (χ3n) is 2.25. The highest BCUT2D eigenvalue weighted by molar-refractivity contribution is 9.10. The molecule has 0 amide bonds. The summed E-state index contributed by atoms with van der Waals surface area (Å²) in [6.07, 6.45) is 0. The summed E-state index contributed by atoms with van der Waals surface area (Å²) >= 11 is 3.28. The molecule has 0 aromatic heterocycles. The Hall–Kier alpha value is -1.11. The molecule has 0 unspecified atom stereocenters. The number of hydrogen-bond acceptors (Lipinski definition) is 3. The molecule has 0 aliphatic heterocycles. The Morgan fingerprint density at radius 3 is 2.31 bits per heavy atom. The van der Waals surface area contributed by atoms with Crippen LogP contribution < -0.4 is 5.73 Å². The van der Waals surface area contributed by atoms with Crippen molar-refractivity contribution >= 4 is 42.5 Å². The molecule has 0 radical (unpaired) electrons. The molecule has 2 aromatic carbocycles. The van der Waals surface area contributed by atoms with Gasteiger partial charge in [0.2, 0.25) is 0 Å². The van der Waals surface area contributed by atoms with E-state index < -0.39 is 10.1 Å². The molecule has 0 aliphatic carbocycles. The van der Waals surface area contributed by atoms with Crippen molar-refractivity contribution in [2.75, 3.05) is 5.73 Å². The number of hydrogen-bond donors (Lipinski definition) is 2. The summed E-state index contributed by atoms with van der Waals surface area (Å²) in [6.45, 7) is 0. The lowest BCUT2D eigenvalue weighted by molar-refractivity contribution is 0.484. The summed E-state index contributed by atoms with van der Waals surface area (Å²) in [5.41, 5.74) is 5.93. The summed E-state index contributed by atoms with van der Waals surface area (Å²) in [5, 5.41) is 1.08. The lowest BCUT2D eigenvalue weighted by atomic mass is 10.1. The fraction of sp³-hybridized carbons (Fsp3) is 0. The van der Waals surface area contributed by atoms with Gasteiger partial charge in [-0.2, -0.15) is 8.42 Å². The van der Waals surface area contributed by atoms with E-state index in [1.807, 2.05) is 0 Å². The van der Waals surface area contributed by atoms with Crippen molar-refractivity contribution in [2.45, 2.75) is 4.90 Å². The summed E-state index contributed by atoms with van der Waals surface area (Å²) in [7, 11) is -4.27. The highest BCUT2D eigenvalue weighted by atomic mass is 79.9. The van der Waals surface area contributed by atoms with Gasteiger partial charge in [0.25, 0.3) is 10.1 Å². The molecule has 0 atom stereocenters. The molecular weight excluding hydrogens is 294 g/mol. The lowest BCUT2D eigenvalue weighted by Gasteiger charge is -2.08. The second kappa shape index (κ2) is 3.73. The predicted molar refractivity (Wildman–Crippen MR) is 65.9 cm³/mol. The maximum atomic E-state index is 11.2. The number of nitrogen functional groups attached to an aromatic ring is 1. The SMILES string of the molecule is Nc1cc(S(=O)(=O)O)c2ccccc2c1Br. The summed E-state index contributed by atoms with van der Waals surface area (Å²) in [4.78, 5) is -0.177. The molecule has 0 spiro atoms. The van der Waals surface area contributed by atoms with E-state index in [0.717, 1.165) is 0 Å². The third-order valence-corrected chi connectivity index (χ3v) is 4.03. The number of fused-ring (bicyclic) bond motifs is 1. The van der Waals surface area contributed by atoms with Gasteiger partial charge in [-0.1, -0.05) is 24.3 Å². The van der Waals surface area contributed by atoms with E-state index in [2.05, 4.69) is 15.9 Å². The fourth-order valence-electron chi connectivity index (χ4n) is 1.54. The predicted octanol–water partition coefficient (Wildman–Crippen LogP) is 2.43. The Labute approximate surface area is 101 Å². The van der Waals surface area contributed by atoms with Crippen molar-refractivity contribution < 1.29 is 13.0 Å². The van der Waals surface area contributed by atoms with Crippen LogP contribution in [0, 0.1) is 0 Å². The van der Waals surface area contributed by atoms with E-state index in [-0.39, 0.29) is 10.6 Å². The van der Waals surface area contributed by atoms with Gasteiger partial charge in [-0.15, -0.1) is 0 Å². The quantitative estimate of drug-likeness (QED) is 0.626. The fourth-order valence-corrected chi connectivity index (χ4v) is 2.73. The van der Waals surface area contributed by atoms with Crippen LogP contribution in [-0.2, 0) is 10.1 Å². The normalized spacial score (nSPS) is 11.9. The van der Waals surface area contributed by atoms with Crippen molar-refractivity contribution in [3.8, 4) is 0 Å². The van der Waals surface area contributed by atoms with Gasteiger partial charge < -0.3 is 5.73 Å². The van der Waals surface area contributed by atoms with Crippen molar-refractivity contribution in [1.82, 2.24) is 0 Å². The Kier molecular flexibility index (Phi) is 2.65. The smallest absolute Gasteiger partial charge is 0.295 e. The first-order valence-electron chi connectivity index (χ1n) is 4.35. The van der Waals surface area contributed by atoms with Gasteiger partial charge in [0.1, 0.15) is 4.90 Å². The van der Waals surface area contributed by atoms with Crippen LogP contribution >= 0.6 is 15.9 Å². The van der Waals surface area contributed by atoms with Gasteiger partial charge in [0.05, 0.1) is 0 Å². The summed E-state index contributed by atoms with van der Waals surface area (Å²) in [6, 6.07) is 8.04. The van der Waals surface area contributed by atoms with Gasteiger partial charge in [-0.25, -0.2) is 0 Å². The lowest BCUT2D eigenvalue weighted by Crippen LogP contribution is -2.01. The molecule has 2 aromatic rings. The second-order valence-electron chi connectivity index (χ2n) is 3.30. The molecular formula is C10H8BrNO3S. The van der Waals surface area contributed by atoms with E-state index in [9.17, 15) is 8.42 Å². The monoisotopic (exact) mass is 301 g/mol. The van der Waals surface area contributed by atoms with Crippen molar-refractivity contribution in [3.63, 3.8) is 0 Å². The van der Waals surface area contributed by atoms with Crippen molar-refractivity contribution in [2.24, 2.45) is 0 Å². The van der Waals surface area contributed by atoms with Gasteiger partial charge in [-0.3, -0.25) is 4.55 Å². The molecule has 16 heavy (non-hydrogen) atoms. The second-order valence-corrected chi connectivity index (χ2v) is 5.48. The van der Waals surface area contributed by atoms with Gasteiger partial charge in [0.15, 0.2) is 0 Å². The first kappa shape index (κ1) is 11.4. The van der Waals surface area contributed by atoms with Crippen LogP contribution in [0.4, 0.5) is 5.69 Å². The van der Waals surface area contributed by atoms with E-state index in [1.165, 1.54) is 6.07 Å². The number of anilines is 1. The zero-order valence-electron chi connectivity index (χ0n) is 8.01. The van der Waals surface area contributed by atoms with Crippen LogP contribution in [-0.4, -0.2) is 13.0 Å². The number of halogens is 1. The first-order chi connectivity index (χ1) is 7.41. The Morgan fingerprint density at radius 2 is 1.75 bits per heavy atom. The zero-order chi connectivity index (χ0) is 11.9. The minimum absolute atomic E-state index is 0.177. The van der Waals surface area contributed by atoms with E-state index in [1.54, 1.807) is 24.3 Å². The Morgan fingerprint density at radius 1 is 1.19 bits per heavy atom. The largest absolute Gasteiger partial charge is 0.398 e. The number of benzene rings is 2. The molecule has 0 saturated heterocycles. The van der Waals surface area contributed by atoms with Crippen LogP contribution in [0.25, 0.3) is 10.8 Å². The molecule has 6 heteroatoms. The van der Waals surface area contributed by atoms with E-state index >= 15 is 0 Å². The van der Waals surface area contributed by atoms with Gasteiger partial charge >= 0.3 is 0 Å². The maximum absolute atomic E-state index is 11.2. The number of nitrogens with two attached hydrogens (primary N) is 1. The van der Waals surface area contributed by atoms with E-state index in [0.29, 0.717) is 15.2 Å². The van der Waals surface area contributed by atoms with E-state index in [4.69, 9.17) is 10.3 Å². The highest BCUT2D eigenvalue weighted by Crippen LogP contribution is 2.34. The summed E-state index contributed by atoms with van der Waals surface area (Å²) < 4.78 is 32.1. The topological polar surface area (TPSA) is 80.4 Å². The third kappa shape index (κ3) is 1.79. The van der Waals surface area contributed by atoms with Crippen LogP contribution in [0.15, 0.2) is 39.7 Å². The number of rotatable bonds is 1. The molecule has 84 valence electrons. The molecule has 0 fully saturated rings. The maximum Gasteiger partial charge on any atom is 0.295 e. The first-order valence-corrected chi connectivity index (χ1v) is 6.59. The Bertz CT molecular complexity index is 667. The molecule has 4 nitrogen and oxygen atoms in total. The average molecular weight is 302 g/mol. The molecule has 0 aliphatic rings. The van der Waals surface area contributed by atoms with Gasteiger partial charge in [-0.05, 0) is 27.4 Å².